The maximum Gasteiger partial charge on any atom is 0.239 e. The molecule has 0 aliphatic rings. The standard InChI is InChI=1S/C30H29NO3/c1-22-14-16-23(17-15-22)21-30(24-10-6-4-7-11-24,25-12-8-5-9-13-25)29(32)31-26-18-19-27(33-2)28(20-26)34-3/h4-20H,21H2,1-3H3,(H,31,32). The summed E-state index contributed by atoms with van der Waals surface area (Å²) in [6.07, 6.45) is 0.514. The van der Waals surface area contributed by atoms with Gasteiger partial charge in [0.15, 0.2) is 11.5 Å². The number of benzene rings is 4. The van der Waals surface area contributed by atoms with Crippen LogP contribution in [0.1, 0.15) is 22.3 Å². The average Bonchev–Trinajstić information content (AvgIpc) is 2.89. The van der Waals surface area contributed by atoms with Crippen LogP contribution in [0, 0.1) is 6.92 Å². The highest BCUT2D eigenvalue weighted by atomic mass is 16.5. The van der Waals surface area contributed by atoms with Gasteiger partial charge in [-0.2, -0.15) is 0 Å². The molecule has 0 heterocycles. The number of carbonyl (C=O) groups is 1. The number of nitrogens with one attached hydrogen (secondary N) is 1. The molecule has 4 aromatic rings. The molecule has 0 spiro atoms. The largest absolute Gasteiger partial charge is 0.493 e. The second kappa shape index (κ2) is 10.3. The highest BCUT2D eigenvalue weighted by Gasteiger charge is 2.42. The molecule has 0 saturated heterocycles. The Morgan fingerprint density at radius 1 is 0.735 bits per heavy atom. The number of aryl methyl sites for hydroxylation is 1. The minimum Gasteiger partial charge on any atom is -0.493 e. The van der Waals surface area contributed by atoms with E-state index in [9.17, 15) is 4.79 Å². The van der Waals surface area contributed by atoms with Crippen LogP contribution in [0.5, 0.6) is 11.5 Å². The Morgan fingerprint density at radius 3 is 1.82 bits per heavy atom. The number of carbonyl (C=O) groups excluding carboxylic acids is 1. The fourth-order valence-corrected chi connectivity index (χ4v) is 4.32. The molecule has 0 saturated carbocycles. The lowest BCUT2D eigenvalue weighted by atomic mass is 9.69. The van der Waals surface area contributed by atoms with Gasteiger partial charge in [0.25, 0.3) is 0 Å². The van der Waals surface area contributed by atoms with Crippen LogP contribution in [0.2, 0.25) is 0 Å². The highest BCUT2D eigenvalue weighted by Crippen LogP contribution is 2.38. The summed E-state index contributed by atoms with van der Waals surface area (Å²) in [6, 6.07) is 33.7. The summed E-state index contributed by atoms with van der Waals surface area (Å²) < 4.78 is 10.8. The van der Waals surface area contributed by atoms with E-state index in [2.05, 4.69) is 36.5 Å². The van der Waals surface area contributed by atoms with E-state index in [0.717, 1.165) is 16.7 Å². The van der Waals surface area contributed by atoms with Crippen molar-refractivity contribution < 1.29 is 14.3 Å². The minimum atomic E-state index is -0.940. The molecule has 4 nitrogen and oxygen atoms in total. The zero-order valence-electron chi connectivity index (χ0n) is 19.7. The molecule has 1 amide bonds. The summed E-state index contributed by atoms with van der Waals surface area (Å²) in [5.41, 5.74) is 3.83. The second-order valence-electron chi connectivity index (χ2n) is 8.32. The Hall–Kier alpha value is -4.05. The Balaban J connectivity index is 1.85. The van der Waals surface area contributed by atoms with Gasteiger partial charge in [0.2, 0.25) is 5.91 Å². The van der Waals surface area contributed by atoms with E-state index >= 15 is 0 Å². The number of hydrogen-bond donors (Lipinski definition) is 1. The van der Waals surface area contributed by atoms with E-state index in [1.807, 2.05) is 66.7 Å². The van der Waals surface area contributed by atoms with Gasteiger partial charge in [0, 0.05) is 11.8 Å². The third kappa shape index (κ3) is 4.67. The van der Waals surface area contributed by atoms with E-state index in [0.29, 0.717) is 23.6 Å². The van der Waals surface area contributed by atoms with Gasteiger partial charge in [-0.3, -0.25) is 4.79 Å². The molecular formula is C30H29NO3. The third-order valence-corrected chi connectivity index (χ3v) is 6.15. The Bertz CT molecular complexity index is 1200. The van der Waals surface area contributed by atoms with Crippen molar-refractivity contribution >= 4 is 11.6 Å². The van der Waals surface area contributed by atoms with Gasteiger partial charge in [0.1, 0.15) is 5.41 Å². The van der Waals surface area contributed by atoms with E-state index in [-0.39, 0.29) is 5.91 Å². The summed E-state index contributed by atoms with van der Waals surface area (Å²) in [6.45, 7) is 2.06. The monoisotopic (exact) mass is 451 g/mol. The van der Waals surface area contributed by atoms with Crippen LogP contribution in [0.25, 0.3) is 0 Å². The van der Waals surface area contributed by atoms with Crippen molar-refractivity contribution in [3.63, 3.8) is 0 Å². The van der Waals surface area contributed by atoms with Gasteiger partial charge in [-0.15, -0.1) is 0 Å². The number of methoxy groups -OCH3 is 2. The zero-order valence-corrected chi connectivity index (χ0v) is 19.7. The molecule has 4 rings (SSSR count). The number of amides is 1. The quantitative estimate of drug-likeness (QED) is 0.348. The summed E-state index contributed by atoms with van der Waals surface area (Å²) in [5.74, 6) is 1.05. The number of hydrogen-bond acceptors (Lipinski definition) is 3. The molecule has 172 valence electrons. The van der Waals surface area contributed by atoms with Crippen LogP contribution in [0.15, 0.2) is 103 Å². The van der Waals surface area contributed by atoms with Gasteiger partial charge in [-0.25, -0.2) is 0 Å². The maximum absolute atomic E-state index is 14.3. The SMILES string of the molecule is COc1ccc(NC(=O)C(Cc2ccc(C)cc2)(c2ccccc2)c2ccccc2)cc1OC. The number of rotatable bonds is 8. The fourth-order valence-electron chi connectivity index (χ4n) is 4.32. The van der Waals surface area contributed by atoms with Gasteiger partial charge >= 0.3 is 0 Å². The van der Waals surface area contributed by atoms with Crippen LogP contribution in [0.3, 0.4) is 0 Å². The molecule has 0 radical (unpaired) electrons. The first-order valence-electron chi connectivity index (χ1n) is 11.3. The molecule has 0 fully saturated rings. The predicted octanol–water partition coefficient (Wildman–Crippen LogP) is 6.18. The summed E-state index contributed by atoms with van der Waals surface area (Å²) in [5, 5.41) is 3.16. The molecule has 34 heavy (non-hydrogen) atoms. The van der Waals surface area contributed by atoms with Crippen LogP contribution < -0.4 is 14.8 Å². The van der Waals surface area contributed by atoms with Crippen LogP contribution in [-0.4, -0.2) is 20.1 Å². The summed E-state index contributed by atoms with van der Waals surface area (Å²) in [4.78, 5) is 14.3. The van der Waals surface area contributed by atoms with Crippen molar-refractivity contribution in [1.29, 1.82) is 0 Å². The van der Waals surface area contributed by atoms with Crippen molar-refractivity contribution in [2.24, 2.45) is 0 Å². The van der Waals surface area contributed by atoms with Crippen molar-refractivity contribution in [2.75, 3.05) is 19.5 Å². The van der Waals surface area contributed by atoms with Crippen molar-refractivity contribution in [2.45, 2.75) is 18.8 Å². The Labute approximate surface area is 201 Å². The van der Waals surface area contributed by atoms with Gasteiger partial charge in [-0.1, -0.05) is 90.5 Å². The molecule has 1 N–H and O–H groups in total. The normalized spacial score (nSPS) is 11.0. The molecule has 0 aliphatic carbocycles. The van der Waals surface area contributed by atoms with Crippen LogP contribution in [0.4, 0.5) is 5.69 Å². The average molecular weight is 452 g/mol. The first kappa shape index (κ1) is 23.1. The lowest BCUT2D eigenvalue weighted by Crippen LogP contribution is -2.43. The molecule has 0 atom stereocenters. The summed E-state index contributed by atoms with van der Waals surface area (Å²) >= 11 is 0. The van der Waals surface area contributed by atoms with Crippen molar-refractivity contribution in [1.82, 2.24) is 0 Å². The molecule has 0 aromatic heterocycles. The third-order valence-electron chi connectivity index (χ3n) is 6.15. The maximum atomic E-state index is 14.3. The Kier molecular flexibility index (Phi) is 6.98. The van der Waals surface area contributed by atoms with Crippen molar-refractivity contribution in [3.8, 4) is 11.5 Å². The van der Waals surface area contributed by atoms with E-state index < -0.39 is 5.41 Å². The molecular weight excluding hydrogens is 422 g/mol. The van der Waals surface area contributed by atoms with Gasteiger partial charge in [0.05, 0.1) is 14.2 Å². The van der Waals surface area contributed by atoms with E-state index in [4.69, 9.17) is 9.47 Å². The molecule has 0 aliphatic heterocycles. The number of ether oxygens (including phenoxy) is 2. The fraction of sp³-hybridized carbons (Fsp3) is 0.167. The summed E-state index contributed by atoms with van der Waals surface area (Å²) in [7, 11) is 3.17. The molecule has 0 unspecified atom stereocenters. The predicted molar refractivity (Wildman–Crippen MR) is 137 cm³/mol. The highest BCUT2D eigenvalue weighted by molar-refractivity contribution is 6.02. The second-order valence-corrected chi connectivity index (χ2v) is 8.32. The van der Waals surface area contributed by atoms with Gasteiger partial charge < -0.3 is 14.8 Å². The zero-order chi connectivity index (χ0) is 24.0. The molecule has 4 aromatic carbocycles. The number of anilines is 1. The minimum absolute atomic E-state index is 0.113. The first-order chi connectivity index (χ1) is 16.6. The van der Waals surface area contributed by atoms with Gasteiger partial charge in [-0.05, 0) is 42.2 Å². The first-order valence-corrected chi connectivity index (χ1v) is 11.3. The lowest BCUT2D eigenvalue weighted by Gasteiger charge is -2.34. The van der Waals surface area contributed by atoms with Crippen LogP contribution >= 0.6 is 0 Å². The lowest BCUT2D eigenvalue weighted by molar-refractivity contribution is -0.120. The molecule has 0 bridgehead atoms. The van der Waals surface area contributed by atoms with Crippen molar-refractivity contribution in [3.05, 3.63) is 125 Å². The molecule has 4 heteroatoms. The topological polar surface area (TPSA) is 47.6 Å². The Morgan fingerprint density at radius 2 is 1.29 bits per heavy atom. The smallest absolute Gasteiger partial charge is 0.239 e. The van der Waals surface area contributed by atoms with Crippen LogP contribution in [-0.2, 0) is 16.6 Å². The van der Waals surface area contributed by atoms with E-state index in [1.165, 1.54) is 5.56 Å². The van der Waals surface area contributed by atoms with E-state index in [1.54, 1.807) is 26.4 Å².